The number of hydrogen-bond donors (Lipinski definition) is 1. The molecule has 0 atom stereocenters. The average Bonchev–Trinajstić information content (AvgIpc) is 2.39. The maximum atomic E-state index is 6.02. The van der Waals surface area contributed by atoms with E-state index in [1.54, 1.807) is 14.2 Å². The van der Waals surface area contributed by atoms with E-state index >= 15 is 0 Å². The Labute approximate surface area is 117 Å². The van der Waals surface area contributed by atoms with Crippen LogP contribution in [0.3, 0.4) is 0 Å². The molecule has 2 aromatic rings. The number of nitrogens with two attached hydrogens (primary N) is 1. The van der Waals surface area contributed by atoms with Gasteiger partial charge in [0.25, 0.3) is 0 Å². The third-order valence-electron chi connectivity index (χ3n) is 2.71. The van der Waals surface area contributed by atoms with Crippen LogP contribution in [0.15, 0.2) is 36.4 Å². The summed E-state index contributed by atoms with van der Waals surface area (Å²) in [5.74, 6) is 1.52. The van der Waals surface area contributed by atoms with Crippen molar-refractivity contribution in [3.05, 3.63) is 36.4 Å². The molecule has 0 unspecified atom stereocenters. The Morgan fingerprint density at radius 2 is 1.56 bits per heavy atom. The summed E-state index contributed by atoms with van der Waals surface area (Å²) >= 11 is 3.24. The van der Waals surface area contributed by atoms with Crippen LogP contribution in [-0.2, 0) is 19.2 Å². The minimum atomic E-state index is 0.705. The van der Waals surface area contributed by atoms with Crippen LogP contribution >= 0.6 is 0 Å². The first-order valence-electron chi connectivity index (χ1n) is 5.41. The molecule has 0 spiro atoms. The second-order valence-electron chi connectivity index (χ2n) is 3.72. The van der Waals surface area contributed by atoms with Crippen molar-refractivity contribution in [2.24, 2.45) is 0 Å². The molecule has 4 heteroatoms. The van der Waals surface area contributed by atoms with Gasteiger partial charge in [0.05, 0.1) is 0 Å². The molecule has 0 heterocycles. The van der Waals surface area contributed by atoms with Gasteiger partial charge < -0.3 is 0 Å². The molecule has 96 valence electrons. The molecule has 0 radical (unpaired) electrons. The Morgan fingerprint density at radius 1 is 0.944 bits per heavy atom. The molecule has 0 aliphatic carbocycles. The zero-order chi connectivity index (χ0) is 13.1. The number of ether oxygens (including phenoxy) is 2. The van der Waals surface area contributed by atoms with Crippen molar-refractivity contribution in [3.8, 4) is 22.6 Å². The Kier molecular flexibility index (Phi) is 3.91. The first-order valence-corrected chi connectivity index (χ1v) is 6.19. The van der Waals surface area contributed by atoms with Gasteiger partial charge in [0.1, 0.15) is 0 Å². The van der Waals surface area contributed by atoms with Crippen molar-refractivity contribution in [2.45, 2.75) is 0 Å². The van der Waals surface area contributed by atoms with Crippen LogP contribution in [0, 0.1) is 0 Å². The summed E-state index contributed by atoms with van der Waals surface area (Å²) in [6.45, 7) is 0. The van der Waals surface area contributed by atoms with Gasteiger partial charge in [-0.1, -0.05) is 0 Å². The van der Waals surface area contributed by atoms with Gasteiger partial charge in [-0.2, -0.15) is 0 Å². The fourth-order valence-electron chi connectivity index (χ4n) is 1.82. The summed E-state index contributed by atoms with van der Waals surface area (Å²) in [6, 6.07) is 11.4. The molecule has 0 aliphatic rings. The molecule has 0 aliphatic heterocycles. The van der Waals surface area contributed by atoms with Crippen LogP contribution in [0.25, 0.3) is 11.1 Å². The minimum absolute atomic E-state index is 0.705. The van der Waals surface area contributed by atoms with Crippen molar-refractivity contribution in [1.82, 2.24) is 0 Å². The monoisotopic (exact) mass is 334 g/mol. The molecule has 2 N–H and O–H groups in total. The number of nitrogen functional groups attached to an aromatic ring is 1. The molecule has 0 bridgehead atoms. The van der Waals surface area contributed by atoms with E-state index in [2.05, 4.69) is 19.2 Å². The summed E-state index contributed by atoms with van der Waals surface area (Å²) in [7, 11) is 3.28. The number of benzene rings is 2. The average molecular weight is 335 g/mol. The van der Waals surface area contributed by atoms with Gasteiger partial charge in [-0.05, 0) is 0 Å². The van der Waals surface area contributed by atoms with E-state index < -0.39 is 0 Å². The molecule has 0 saturated heterocycles. The fourth-order valence-corrected chi connectivity index (χ4v) is 2.50. The number of hydrogen-bond acceptors (Lipinski definition) is 3. The van der Waals surface area contributed by atoms with Gasteiger partial charge in [0.2, 0.25) is 0 Å². The van der Waals surface area contributed by atoms with E-state index in [-0.39, 0.29) is 0 Å². The van der Waals surface area contributed by atoms with Crippen molar-refractivity contribution in [1.29, 1.82) is 0 Å². The second-order valence-corrected chi connectivity index (χ2v) is 4.49. The Bertz CT molecular complexity index is 570. The van der Waals surface area contributed by atoms with Crippen LogP contribution in [-0.4, -0.2) is 14.2 Å². The fraction of sp³-hybridized carbons (Fsp3) is 0.143. The van der Waals surface area contributed by atoms with Crippen molar-refractivity contribution < 1.29 is 28.7 Å². The maximum absolute atomic E-state index is 6.02. The number of rotatable bonds is 3. The molecular weight excluding hydrogens is 321 g/mol. The van der Waals surface area contributed by atoms with Gasteiger partial charge in [-0.25, -0.2) is 0 Å². The van der Waals surface area contributed by atoms with Crippen LogP contribution in [0.2, 0.25) is 0 Å². The second kappa shape index (κ2) is 5.43. The molecule has 0 aromatic heterocycles. The zero-order valence-electron chi connectivity index (χ0n) is 10.2. The Balaban J connectivity index is 2.72. The number of anilines is 1. The van der Waals surface area contributed by atoms with E-state index in [0.29, 0.717) is 5.69 Å². The van der Waals surface area contributed by atoms with E-state index in [1.165, 1.54) is 0 Å². The van der Waals surface area contributed by atoms with E-state index in [0.717, 1.165) is 26.7 Å². The first kappa shape index (κ1) is 12.9. The normalized spacial score (nSPS) is 10.2. The van der Waals surface area contributed by atoms with Crippen molar-refractivity contribution in [2.75, 3.05) is 20.0 Å². The predicted octanol–water partition coefficient (Wildman–Crippen LogP) is 2.13. The quantitative estimate of drug-likeness (QED) is 0.691. The first-order chi connectivity index (χ1) is 8.69. The molecule has 0 amide bonds. The van der Waals surface area contributed by atoms with Gasteiger partial charge >= 0.3 is 117 Å². The Hall–Kier alpha value is -1.50. The van der Waals surface area contributed by atoms with Gasteiger partial charge in [-0.15, -0.1) is 0 Å². The standard InChI is InChI=1S/C14H14NO2.Pd/c1-16-10-7-8-14(17-2)12(9-10)11-5-3-4-6-13(11)15;/h3-8H,15H2,1-2H3;/q;+1. The molecule has 0 fully saturated rings. The summed E-state index contributed by atoms with van der Waals surface area (Å²) in [4.78, 5) is 0. The topological polar surface area (TPSA) is 44.5 Å². The van der Waals surface area contributed by atoms with Crippen LogP contribution in [0.5, 0.6) is 11.5 Å². The van der Waals surface area contributed by atoms with Gasteiger partial charge in [0, 0.05) is 0 Å². The van der Waals surface area contributed by atoms with E-state index in [1.807, 2.05) is 36.4 Å². The summed E-state index contributed by atoms with van der Waals surface area (Å²) < 4.78 is 11.6. The third-order valence-corrected chi connectivity index (χ3v) is 3.48. The van der Waals surface area contributed by atoms with E-state index in [4.69, 9.17) is 15.2 Å². The van der Waals surface area contributed by atoms with E-state index in [9.17, 15) is 0 Å². The van der Waals surface area contributed by atoms with Crippen LogP contribution in [0.4, 0.5) is 5.69 Å². The molecule has 2 rings (SSSR count). The Morgan fingerprint density at radius 3 is 2.17 bits per heavy atom. The van der Waals surface area contributed by atoms with Crippen molar-refractivity contribution >= 4 is 9.72 Å². The molecule has 0 saturated carbocycles. The van der Waals surface area contributed by atoms with Crippen molar-refractivity contribution in [3.63, 3.8) is 0 Å². The third kappa shape index (κ3) is 2.22. The summed E-state index contributed by atoms with van der Waals surface area (Å²) in [5, 5.41) is 0. The molecule has 3 nitrogen and oxygen atoms in total. The molecule has 2 aromatic carbocycles. The SMILES string of the molecule is COc1ccc(OC)c(-c2ccccc2N)[c]1[Pd+]. The zero-order valence-corrected chi connectivity index (χ0v) is 11.7. The number of para-hydroxylation sites is 1. The summed E-state index contributed by atoms with van der Waals surface area (Å²) in [5.41, 5.74) is 8.57. The van der Waals surface area contributed by atoms with Crippen LogP contribution < -0.4 is 19.2 Å². The van der Waals surface area contributed by atoms with Crippen LogP contribution in [0.1, 0.15) is 0 Å². The van der Waals surface area contributed by atoms with Gasteiger partial charge in [0.15, 0.2) is 0 Å². The summed E-state index contributed by atoms with van der Waals surface area (Å²) in [6.07, 6.45) is 0. The molecule has 18 heavy (non-hydrogen) atoms. The molecular formula is C14H14NO2Pd+. The van der Waals surface area contributed by atoms with Gasteiger partial charge in [-0.3, -0.25) is 0 Å². The predicted molar refractivity (Wildman–Crippen MR) is 69.0 cm³/mol. The number of methoxy groups -OCH3 is 2.